The van der Waals surface area contributed by atoms with Crippen LogP contribution in [0.3, 0.4) is 0 Å². The van der Waals surface area contributed by atoms with E-state index in [0.29, 0.717) is 34.1 Å². The predicted octanol–water partition coefficient (Wildman–Crippen LogP) is 3.44. The summed E-state index contributed by atoms with van der Waals surface area (Å²) in [6, 6.07) is 10.8. The van der Waals surface area contributed by atoms with Crippen LogP contribution in [0.2, 0.25) is 0 Å². The van der Waals surface area contributed by atoms with Crippen LogP contribution in [0.15, 0.2) is 47.3 Å². The molecule has 0 bridgehead atoms. The van der Waals surface area contributed by atoms with Gasteiger partial charge >= 0.3 is 0 Å². The number of nitrogens with two attached hydrogens (primary N) is 2. The van der Waals surface area contributed by atoms with Crippen molar-refractivity contribution >= 4 is 29.1 Å². The van der Waals surface area contributed by atoms with E-state index >= 15 is 0 Å². The quantitative estimate of drug-likeness (QED) is 0.683. The standard InChI is InChI=1S/C21H22FN3O2.ClH/c1-12(2)11-25-18(10-23)19(13-4-3-5-15(22)8-13)17-9-14(20(24)26)6-7-16(17)21(25)27;/h3-9,12H,10-11,23H2,1-2H3,(H2,24,26);1H. The topological polar surface area (TPSA) is 91.1 Å². The van der Waals surface area contributed by atoms with Crippen molar-refractivity contribution in [1.82, 2.24) is 4.57 Å². The largest absolute Gasteiger partial charge is 0.366 e. The SMILES string of the molecule is CC(C)Cn1c(CN)c(-c2cccc(F)c2)c2cc(C(N)=O)ccc2c1=O.Cl. The van der Waals surface area contributed by atoms with Gasteiger partial charge in [0.1, 0.15) is 5.82 Å². The van der Waals surface area contributed by atoms with Crippen LogP contribution in [-0.4, -0.2) is 10.5 Å². The molecule has 28 heavy (non-hydrogen) atoms. The molecule has 1 amide bonds. The van der Waals surface area contributed by atoms with Crippen LogP contribution in [0.5, 0.6) is 0 Å². The zero-order valence-corrected chi connectivity index (χ0v) is 16.6. The lowest BCUT2D eigenvalue weighted by Gasteiger charge is -2.21. The fourth-order valence-electron chi connectivity index (χ4n) is 3.39. The lowest BCUT2D eigenvalue weighted by Crippen LogP contribution is -2.28. The van der Waals surface area contributed by atoms with Gasteiger partial charge < -0.3 is 16.0 Å². The van der Waals surface area contributed by atoms with E-state index in [9.17, 15) is 14.0 Å². The van der Waals surface area contributed by atoms with Crippen LogP contribution in [0.25, 0.3) is 21.9 Å². The number of carbonyl (C=O) groups is 1. The number of pyridine rings is 1. The van der Waals surface area contributed by atoms with Crippen molar-refractivity contribution in [2.45, 2.75) is 26.9 Å². The molecule has 0 saturated carbocycles. The molecule has 1 heterocycles. The van der Waals surface area contributed by atoms with Crippen LogP contribution < -0.4 is 17.0 Å². The molecule has 0 aliphatic heterocycles. The number of fused-ring (bicyclic) bond motifs is 1. The maximum atomic E-state index is 13.9. The minimum Gasteiger partial charge on any atom is -0.366 e. The van der Waals surface area contributed by atoms with Crippen LogP contribution in [0.4, 0.5) is 4.39 Å². The fourth-order valence-corrected chi connectivity index (χ4v) is 3.39. The van der Waals surface area contributed by atoms with E-state index in [0.717, 1.165) is 0 Å². The molecule has 1 aromatic heterocycles. The van der Waals surface area contributed by atoms with Crippen LogP contribution in [0, 0.1) is 11.7 Å². The van der Waals surface area contributed by atoms with Crippen molar-refractivity contribution in [3.63, 3.8) is 0 Å². The second-order valence-corrected chi connectivity index (χ2v) is 6.97. The molecule has 3 aromatic rings. The van der Waals surface area contributed by atoms with Crippen molar-refractivity contribution in [2.75, 3.05) is 0 Å². The Morgan fingerprint density at radius 2 is 1.86 bits per heavy atom. The third kappa shape index (κ3) is 3.93. The molecule has 0 aliphatic carbocycles. The maximum absolute atomic E-state index is 13.9. The Labute approximate surface area is 168 Å². The van der Waals surface area contributed by atoms with Gasteiger partial charge in [-0.3, -0.25) is 9.59 Å². The summed E-state index contributed by atoms with van der Waals surface area (Å²) in [6.45, 7) is 4.61. The first-order valence-electron chi connectivity index (χ1n) is 8.78. The van der Waals surface area contributed by atoms with Crippen molar-refractivity contribution in [3.8, 4) is 11.1 Å². The number of hydrogen-bond donors (Lipinski definition) is 2. The molecule has 0 spiro atoms. The summed E-state index contributed by atoms with van der Waals surface area (Å²) in [5, 5.41) is 0.986. The van der Waals surface area contributed by atoms with E-state index in [-0.39, 0.29) is 36.0 Å². The van der Waals surface area contributed by atoms with Gasteiger partial charge in [-0.2, -0.15) is 0 Å². The molecular formula is C21H23ClFN3O2. The summed E-state index contributed by atoms with van der Waals surface area (Å²) >= 11 is 0. The third-order valence-corrected chi connectivity index (χ3v) is 4.52. The number of primary amides is 1. The molecule has 0 saturated heterocycles. The van der Waals surface area contributed by atoms with Crippen LogP contribution in [0.1, 0.15) is 29.9 Å². The van der Waals surface area contributed by atoms with Gasteiger partial charge in [-0.25, -0.2) is 4.39 Å². The van der Waals surface area contributed by atoms with Gasteiger partial charge in [-0.1, -0.05) is 26.0 Å². The highest BCUT2D eigenvalue weighted by atomic mass is 35.5. The molecule has 4 N–H and O–H groups in total. The monoisotopic (exact) mass is 403 g/mol. The van der Waals surface area contributed by atoms with E-state index < -0.39 is 11.7 Å². The number of rotatable bonds is 5. The zero-order valence-electron chi connectivity index (χ0n) is 15.7. The second-order valence-electron chi connectivity index (χ2n) is 6.97. The number of nitrogens with zero attached hydrogens (tertiary/aromatic N) is 1. The summed E-state index contributed by atoms with van der Waals surface area (Å²) in [7, 11) is 0. The Morgan fingerprint density at radius 3 is 2.43 bits per heavy atom. The van der Waals surface area contributed by atoms with Gasteiger partial charge in [0.15, 0.2) is 0 Å². The van der Waals surface area contributed by atoms with Crippen molar-refractivity contribution in [1.29, 1.82) is 0 Å². The molecule has 148 valence electrons. The summed E-state index contributed by atoms with van der Waals surface area (Å²) in [4.78, 5) is 24.7. The molecule has 5 nitrogen and oxygen atoms in total. The zero-order chi connectivity index (χ0) is 19.7. The second kappa shape index (κ2) is 8.54. The molecule has 7 heteroatoms. The Balaban J connectivity index is 0.00000280. The molecule has 0 atom stereocenters. The minimum atomic E-state index is -0.595. The average Bonchev–Trinajstić information content (AvgIpc) is 2.62. The van der Waals surface area contributed by atoms with Gasteiger partial charge in [0.2, 0.25) is 5.91 Å². The Hall–Kier alpha value is -2.70. The highest BCUT2D eigenvalue weighted by Gasteiger charge is 2.19. The Kier molecular flexibility index (Phi) is 6.59. The highest BCUT2D eigenvalue weighted by Crippen LogP contribution is 2.32. The smallest absolute Gasteiger partial charge is 0.258 e. The Bertz CT molecular complexity index is 1090. The van der Waals surface area contributed by atoms with Gasteiger partial charge in [0.05, 0.1) is 0 Å². The van der Waals surface area contributed by atoms with Gasteiger partial charge in [0.25, 0.3) is 5.56 Å². The van der Waals surface area contributed by atoms with Gasteiger partial charge in [0, 0.05) is 35.3 Å². The number of carbonyl (C=O) groups excluding carboxylic acids is 1. The minimum absolute atomic E-state index is 0. The van der Waals surface area contributed by atoms with E-state index in [2.05, 4.69) is 0 Å². The highest BCUT2D eigenvalue weighted by molar-refractivity contribution is 6.03. The van der Waals surface area contributed by atoms with E-state index in [1.54, 1.807) is 28.8 Å². The molecule has 0 unspecified atom stereocenters. The normalized spacial score (nSPS) is 10.9. The number of hydrogen-bond acceptors (Lipinski definition) is 3. The Morgan fingerprint density at radius 1 is 1.14 bits per heavy atom. The average molecular weight is 404 g/mol. The number of amides is 1. The first-order chi connectivity index (χ1) is 12.8. The first kappa shape index (κ1) is 21.6. The summed E-state index contributed by atoms with van der Waals surface area (Å²) < 4.78 is 15.6. The first-order valence-corrected chi connectivity index (χ1v) is 8.78. The van der Waals surface area contributed by atoms with Crippen molar-refractivity contribution in [3.05, 3.63) is 69.9 Å². The van der Waals surface area contributed by atoms with Crippen molar-refractivity contribution < 1.29 is 9.18 Å². The lowest BCUT2D eigenvalue weighted by atomic mass is 9.94. The van der Waals surface area contributed by atoms with Crippen molar-refractivity contribution in [2.24, 2.45) is 17.4 Å². The fraction of sp³-hybridized carbons (Fsp3) is 0.238. The third-order valence-electron chi connectivity index (χ3n) is 4.52. The molecule has 0 radical (unpaired) electrons. The molecular weight excluding hydrogens is 381 g/mol. The summed E-state index contributed by atoms with van der Waals surface area (Å²) in [5.74, 6) is -0.769. The molecule has 3 rings (SSSR count). The van der Waals surface area contributed by atoms with E-state index in [4.69, 9.17) is 11.5 Å². The predicted molar refractivity (Wildman–Crippen MR) is 112 cm³/mol. The number of aromatic nitrogens is 1. The van der Waals surface area contributed by atoms with Crippen LogP contribution >= 0.6 is 12.4 Å². The lowest BCUT2D eigenvalue weighted by molar-refractivity contribution is 0.100. The van der Waals surface area contributed by atoms with E-state index in [1.165, 1.54) is 18.2 Å². The van der Waals surface area contributed by atoms with Gasteiger partial charge in [-0.05, 0) is 47.2 Å². The maximum Gasteiger partial charge on any atom is 0.258 e. The van der Waals surface area contributed by atoms with E-state index in [1.807, 2.05) is 13.8 Å². The summed E-state index contributed by atoms with van der Waals surface area (Å²) in [6.07, 6.45) is 0. The summed E-state index contributed by atoms with van der Waals surface area (Å²) in [5.41, 5.74) is 13.4. The molecule has 2 aromatic carbocycles. The van der Waals surface area contributed by atoms with Crippen LogP contribution in [-0.2, 0) is 13.1 Å². The number of benzene rings is 2. The molecule has 0 fully saturated rings. The number of halogens is 2. The molecule has 0 aliphatic rings. The van der Waals surface area contributed by atoms with Gasteiger partial charge in [-0.15, -0.1) is 12.4 Å².